The third-order valence-electron chi connectivity index (χ3n) is 4.04. The molecule has 0 bridgehead atoms. The van der Waals surface area contributed by atoms with Gasteiger partial charge < -0.3 is 10.4 Å². The van der Waals surface area contributed by atoms with Gasteiger partial charge in [-0.3, -0.25) is 0 Å². The largest absolute Gasteiger partial charge is 0.508 e. The molecule has 0 saturated carbocycles. The van der Waals surface area contributed by atoms with Crippen LogP contribution in [0.3, 0.4) is 0 Å². The summed E-state index contributed by atoms with van der Waals surface area (Å²) in [7, 11) is 0. The lowest BCUT2D eigenvalue weighted by atomic mass is 9.87. The van der Waals surface area contributed by atoms with Gasteiger partial charge in [-0.15, -0.1) is 0 Å². The van der Waals surface area contributed by atoms with Crippen molar-refractivity contribution < 1.29 is 5.11 Å². The van der Waals surface area contributed by atoms with Gasteiger partial charge in [0.15, 0.2) is 0 Å². The topological polar surface area (TPSA) is 32.3 Å². The lowest BCUT2D eigenvalue weighted by Crippen LogP contribution is -2.17. The van der Waals surface area contributed by atoms with Crippen LogP contribution >= 0.6 is 11.6 Å². The first kappa shape index (κ1) is 13.3. The van der Waals surface area contributed by atoms with Gasteiger partial charge in [0.25, 0.3) is 0 Å². The Labute approximate surface area is 124 Å². The summed E-state index contributed by atoms with van der Waals surface area (Å²) < 4.78 is 0. The molecular weight excluding hydrogens is 270 g/mol. The Morgan fingerprint density at radius 1 is 1.25 bits per heavy atom. The van der Waals surface area contributed by atoms with E-state index in [1.807, 2.05) is 31.2 Å². The van der Waals surface area contributed by atoms with E-state index >= 15 is 0 Å². The number of aryl methyl sites for hydroxylation is 1. The number of benzene rings is 2. The summed E-state index contributed by atoms with van der Waals surface area (Å²) in [5.74, 6) is 0.350. The fraction of sp³-hybridized carbons (Fsp3) is 0.294. The molecule has 2 nitrogen and oxygen atoms in total. The van der Waals surface area contributed by atoms with Crippen LogP contribution in [-0.2, 0) is 6.42 Å². The number of hydrogen-bond donors (Lipinski definition) is 2. The average Bonchev–Trinajstić information content (AvgIpc) is 2.44. The summed E-state index contributed by atoms with van der Waals surface area (Å²) in [5.41, 5.74) is 4.70. The van der Waals surface area contributed by atoms with Gasteiger partial charge in [0, 0.05) is 10.7 Å². The summed E-state index contributed by atoms with van der Waals surface area (Å²) in [4.78, 5) is 0. The molecule has 1 unspecified atom stereocenters. The standard InChI is InChI=1S/C17H18ClNO/c1-11-15(18)5-3-6-16(11)19-17-7-2-4-12-10-13(20)8-9-14(12)17/h3,5-6,8-10,17,19-20H,2,4,7H2,1H3. The van der Waals surface area contributed by atoms with Gasteiger partial charge in [0.2, 0.25) is 0 Å². The number of aromatic hydroxyl groups is 1. The van der Waals surface area contributed by atoms with Crippen molar-refractivity contribution >= 4 is 17.3 Å². The van der Waals surface area contributed by atoms with Crippen molar-refractivity contribution in [2.45, 2.75) is 32.2 Å². The van der Waals surface area contributed by atoms with Crippen molar-refractivity contribution in [3.63, 3.8) is 0 Å². The fourth-order valence-electron chi connectivity index (χ4n) is 2.90. The van der Waals surface area contributed by atoms with E-state index in [1.54, 1.807) is 6.07 Å². The average molecular weight is 288 g/mol. The number of phenols is 1. The van der Waals surface area contributed by atoms with Crippen LogP contribution in [0.15, 0.2) is 36.4 Å². The first-order chi connectivity index (χ1) is 9.65. The molecule has 0 spiro atoms. The minimum atomic E-state index is 0.288. The zero-order chi connectivity index (χ0) is 14.1. The Morgan fingerprint density at radius 3 is 2.95 bits per heavy atom. The molecule has 3 heteroatoms. The fourth-order valence-corrected chi connectivity index (χ4v) is 3.08. The number of fused-ring (bicyclic) bond motifs is 1. The van der Waals surface area contributed by atoms with Crippen molar-refractivity contribution in [3.8, 4) is 5.75 Å². The molecule has 0 amide bonds. The maximum absolute atomic E-state index is 9.61. The van der Waals surface area contributed by atoms with Gasteiger partial charge in [-0.25, -0.2) is 0 Å². The molecule has 0 saturated heterocycles. The van der Waals surface area contributed by atoms with Crippen molar-refractivity contribution in [1.29, 1.82) is 0 Å². The number of anilines is 1. The summed E-state index contributed by atoms with van der Waals surface area (Å²) in [6, 6.07) is 11.9. The summed E-state index contributed by atoms with van der Waals surface area (Å²) in [6.45, 7) is 2.03. The highest BCUT2D eigenvalue weighted by molar-refractivity contribution is 6.31. The van der Waals surface area contributed by atoms with E-state index in [1.165, 1.54) is 11.1 Å². The Kier molecular flexibility index (Phi) is 3.58. The number of nitrogens with one attached hydrogen (secondary N) is 1. The van der Waals surface area contributed by atoms with Gasteiger partial charge >= 0.3 is 0 Å². The number of phenolic OH excluding ortho intramolecular Hbond substituents is 1. The van der Waals surface area contributed by atoms with Crippen molar-refractivity contribution in [2.24, 2.45) is 0 Å². The normalized spacial score (nSPS) is 17.6. The number of hydrogen-bond acceptors (Lipinski definition) is 2. The number of halogens is 1. The van der Waals surface area contributed by atoms with E-state index in [4.69, 9.17) is 11.6 Å². The second-order valence-electron chi connectivity index (χ2n) is 5.38. The molecular formula is C17H18ClNO. The SMILES string of the molecule is Cc1c(Cl)cccc1NC1CCCc2cc(O)ccc21. The molecule has 2 aromatic carbocycles. The maximum Gasteiger partial charge on any atom is 0.115 e. The molecule has 3 rings (SSSR count). The quantitative estimate of drug-likeness (QED) is 0.828. The van der Waals surface area contributed by atoms with Gasteiger partial charge in [-0.2, -0.15) is 0 Å². The first-order valence-corrected chi connectivity index (χ1v) is 7.36. The molecule has 1 atom stereocenters. The highest BCUT2D eigenvalue weighted by Crippen LogP contribution is 2.35. The molecule has 1 aliphatic rings. The second kappa shape index (κ2) is 5.37. The molecule has 0 heterocycles. The van der Waals surface area contributed by atoms with E-state index in [0.717, 1.165) is 35.5 Å². The Balaban J connectivity index is 1.91. The highest BCUT2D eigenvalue weighted by atomic mass is 35.5. The molecule has 0 aliphatic heterocycles. The molecule has 0 aromatic heterocycles. The molecule has 0 fully saturated rings. The van der Waals surface area contributed by atoms with Crippen LogP contribution in [0.4, 0.5) is 5.69 Å². The third-order valence-corrected chi connectivity index (χ3v) is 4.45. The van der Waals surface area contributed by atoms with Crippen LogP contribution in [0.5, 0.6) is 5.75 Å². The van der Waals surface area contributed by atoms with Crippen molar-refractivity contribution in [1.82, 2.24) is 0 Å². The van der Waals surface area contributed by atoms with E-state index < -0.39 is 0 Å². The monoisotopic (exact) mass is 287 g/mol. The zero-order valence-corrected chi connectivity index (χ0v) is 12.2. The Morgan fingerprint density at radius 2 is 2.10 bits per heavy atom. The predicted octanol–water partition coefficient (Wildman–Crippen LogP) is 4.84. The smallest absolute Gasteiger partial charge is 0.115 e. The first-order valence-electron chi connectivity index (χ1n) is 6.98. The highest BCUT2D eigenvalue weighted by Gasteiger charge is 2.21. The third kappa shape index (κ3) is 2.48. The maximum atomic E-state index is 9.61. The Bertz CT molecular complexity index is 639. The molecule has 2 aromatic rings. The van der Waals surface area contributed by atoms with E-state index in [9.17, 15) is 5.11 Å². The van der Waals surface area contributed by atoms with E-state index in [0.29, 0.717) is 5.75 Å². The van der Waals surface area contributed by atoms with E-state index in [2.05, 4.69) is 11.4 Å². The summed E-state index contributed by atoms with van der Waals surface area (Å²) >= 11 is 6.18. The van der Waals surface area contributed by atoms with Crippen molar-refractivity contribution in [3.05, 3.63) is 58.1 Å². The lowest BCUT2D eigenvalue weighted by Gasteiger charge is -2.28. The van der Waals surface area contributed by atoms with Gasteiger partial charge in [-0.05, 0) is 67.1 Å². The van der Waals surface area contributed by atoms with Crippen LogP contribution in [0.25, 0.3) is 0 Å². The minimum absolute atomic E-state index is 0.288. The van der Waals surface area contributed by atoms with Crippen LogP contribution < -0.4 is 5.32 Å². The van der Waals surface area contributed by atoms with Crippen LogP contribution in [-0.4, -0.2) is 5.11 Å². The number of rotatable bonds is 2. The Hall–Kier alpha value is -1.67. The predicted molar refractivity (Wildman–Crippen MR) is 83.6 cm³/mol. The second-order valence-corrected chi connectivity index (χ2v) is 5.79. The zero-order valence-electron chi connectivity index (χ0n) is 11.5. The lowest BCUT2D eigenvalue weighted by molar-refractivity contribution is 0.472. The van der Waals surface area contributed by atoms with Crippen molar-refractivity contribution in [2.75, 3.05) is 5.32 Å². The van der Waals surface area contributed by atoms with E-state index in [-0.39, 0.29) is 6.04 Å². The summed E-state index contributed by atoms with van der Waals surface area (Å²) in [6.07, 6.45) is 3.27. The van der Waals surface area contributed by atoms with Gasteiger partial charge in [0.1, 0.15) is 5.75 Å². The molecule has 104 valence electrons. The van der Waals surface area contributed by atoms with Crippen LogP contribution in [0.1, 0.15) is 35.6 Å². The molecule has 20 heavy (non-hydrogen) atoms. The van der Waals surface area contributed by atoms with Gasteiger partial charge in [0.05, 0.1) is 6.04 Å². The minimum Gasteiger partial charge on any atom is -0.508 e. The van der Waals surface area contributed by atoms with Crippen LogP contribution in [0.2, 0.25) is 5.02 Å². The van der Waals surface area contributed by atoms with Crippen LogP contribution in [0, 0.1) is 6.92 Å². The van der Waals surface area contributed by atoms with Gasteiger partial charge in [-0.1, -0.05) is 23.7 Å². The summed E-state index contributed by atoms with van der Waals surface area (Å²) in [5, 5.41) is 14.0. The molecule has 1 aliphatic carbocycles. The molecule has 0 radical (unpaired) electrons. The molecule has 2 N–H and O–H groups in total.